The first-order valence-electron chi connectivity index (χ1n) is 6.77. The van der Waals surface area contributed by atoms with Crippen LogP contribution in [0.3, 0.4) is 0 Å². The molecule has 2 atom stereocenters. The summed E-state index contributed by atoms with van der Waals surface area (Å²) in [7, 11) is 0. The molecular formula is C15H23NO3. The van der Waals surface area contributed by atoms with Crippen molar-refractivity contribution in [3.63, 3.8) is 0 Å². The average molecular weight is 265 g/mol. The molecule has 0 fully saturated rings. The van der Waals surface area contributed by atoms with Gasteiger partial charge < -0.3 is 5.11 Å². The van der Waals surface area contributed by atoms with Gasteiger partial charge in [-0.2, -0.15) is 5.48 Å². The molecule has 0 aliphatic rings. The van der Waals surface area contributed by atoms with Crippen molar-refractivity contribution < 1.29 is 14.7 Å². The smallest absolute Gasteiger partial charge is 0.306 e. The number of rotatable bonds is 9. The van der Waals surface area contributed by atoms with E-state index >= 15 is 0 Å². The van der Waals surface area contributed by atoms with E-state index < -0.39 is 5.97 Å². The second-order valence-corrected chi connectivity index (χ2v) is 4.81. The predicted octanol–water partition coefficient (Wildman–Crippen LogP) is 2.99. The Hall–Kier alpha value is -1.39. The highest BCUT2D eigenvalue weighted by Gasteiger charge is 2.14. The minimum absolute atomic E-state index is 0.200. The largest absolute Gasteiger partial charge is 0.481 e. The molecule has 0 aliphatic heterocycles. The third-order valence-corrected chi connectivity index (χ3v) is 3.19. The van der Waals surface area contributed by atoms with Crippen LogP contribution >= 0.6 is 0 Å². The predicted molar refractivity (Wildman–Crippen MR) is 74.5 cm³/mol. The molecule has 0 amide bonds. The molecule has 0 saturated carbocycles. The van der Waals surface area contributed by atoms with Crippen LogP contribution in [-0.2, 0) is 16.2 Å². The number of hydrogen-bond donors (Lipinski definition) is 2. The average Bonchev–Trinajstić information content (AvgIpc) is 2.43. The minimum Gasteiger partial charge on any atom is -0.481 e. The Kier molecular flexibility index (Phi) is 7.15. The first kappa shape index (κ1) is 15.7. The van der Waals surface area contributed by atoms with E-state index in [-0.39, 0.29) is 12.0 Å². The Morgan fingerprint density at radius 1 is 1.32 bits per heavy atom. The third kappa shape index (κ3) is 6.36. The van der Waals surface area contributed by atoms with Crippen LogP contribution in [0.25, 0.3) is 0 Å². The fraction of sp³-hybridized carbons (Fsp3) is 0.533. The molecule has 0 bridgehead atoms. The summed E-state index contributed by atoms with van der Waals surface area (Å²) in [6.07, 6.45) is 2.38. The lowest BCUT2D eigenvalue weighted by molar-refractivity contribution is -0.141. The number of carboxylic acid groups (broad SMARTS) is 1. The zero-order chi connectivity index (χ0) is 14.1. The highest BCUT2D eigenvalue weighted by Crippen LogP contribution is 2.10. The molecule has 106 valence electrons. The SMILES string of the molecule is CCC(CC[C@@H](C)C(=O)O)NOCc1ccccc1. The molecule has 1 unspecified atom stereocenters. The molecule has 0 saturated heterocycles. The maximum Gasteiger partial charge on any atom is 0.306 e. The van der Waals surface area contributed by atoms with Gasteiger partial charge in [-0.3, -0.25) is 9.63 Å². The summed E-state index contributed by atoms with van der Waals surface area (Å²) in [6.45, 7) is 4.32. The van der Waals surface area contributed by atoms with Crippen LogP contribution in [0.5, 0.6) is 0 Å². The zero-order valence-corrected chi connectivity index (χ0v) is 11.6. The van der Waals surface area contributed by atoms with Crippen LogP contribution in [0.1, 0.15) is 38.7 Å². The van der Waals surface area contributed by atoms with Gasteiger partial charge in [-0.25, -0.2) is 0 Å². The van der Waals surface area contributed by atoms with Crippen molar-refractivity contribution in [2.45, 2.75) is 45.8 Å². The van der Waals surface area contributed by atoms with Gasteiger partial charge in [-0.05, 0) is 24.8 Å². The highest BCUT2D eigenvalue weighted by atomic mass is 16.6. The lowest BCUT2D eigenvalue weighted by Crippen LogP contribution is -2.29. The first-order chi connectivity index (χ1) is 9.13. The van der Waals surface area contributed by atoms with Crippen molar-refractivity contribution in [2.75, 3.05) is 0 Å². The van der Waals surface area contributed by atoms with Crippen molar-refractivity contribution in [1.29, 1.82) is 0 Å². The van der Waals surface area contributed by atoms with Crippen LogP contribution < -0.4 is 5.48 Å². The summed E-state index contributed by atoms with van der Waals surface area (Å²) in [5, 5.41) is 8.84. The van der Waals surface area contributed by atoms with E-state index in [4.69, 9.17) is 9.94 Å². The van der Waals surface area contributed by atoms with E-state index in [0.29, 0.717) is 13.0 Å². The van der Waals surface area contributed by atoms with Crippen molar-refractivity contribution in [3.05, 3.63) is 35.9 Å². The molecule has 4 heteroatoms. The maximum atomic E-state index is 10.7. The van der Waals surface area contributed by atoms with Crippen molar-refractivity contribution in [2.24, 2.45) is 5.92 Å². The summed E-state index contributed by atoms with van der Waals surface area (Å²) in [5.74, 6) is -1.04. The molecule has 2 N–H and O–H groups in total. The van der Waals surface area contributed by atoms with Gasteiger partial charge >= 0.3 is 5.97 Å². The van der Waals surface area contributed by atoms with Crippen molar-refractivity contribution in [1.82, 2.24) is 5.48 Å². The Morgan fingerprint density at radius 2 is 2.00 bits per heavy atom. The van der Waals surface area contributed by atoms with Gasteiger partial charge in [-0.15, -0.1) is 0 Å². The van der Waals surface area contributed by atoms with Crippen LogP contribution in [0, 0.1) is 5.92 Å². The first-order valence-corrected chi connectivity index (χ1v) is 6.77. The van der Waals surface area contributed by atoms with Gasteiger partial charge in [0.05, 0.1) is 12.5 Å². The normalized spacial score (nSPS) is 14.0. The number of benzene rings is 1. The lowest BCUT2D eigenvalue weighted by atomic mass is 10.0. The number of hydrogen-bond acceptors (Lipinski definition) is 3. The number of nitrogens with one attached hydrogen (secondary N) is 1. The summed E-state index contributed by atoms with van der Waals surface area (Å²) in [6, 6.07) is 10.1. The van der Waals surface area contributed by atoms with E-state index in [1.807, 2.05) is 30.3 Å². The third-order valence-electron chi connectivity index (χ3n) is 3.19. The topological polar surface area (TPSA) is 58.6 Å². The molecule has 1 aromatic carbocycles. The van der Waals surface area contributed by atoms with Crippen LogP contribution in [0.15, 0.2) is 30.3 Å². The number of hydroxylamine groups is 1. The summed E-state index contributed by atoms with van der Waals surface area (Å²) < 4.78 is 0. The Labute approximate surface area is 114 Å². The van der Waals surface area contributed by atoms with Gasteiger partial charge in [0.25, 0.3) is 0 Å². The van der Waals surface area contributed by atoms with E-state index in [2.05, 4.69) is 12.4 Å². The fourth-order valence-electron chi connectivity index (χ4n) is 1.74. The van der Waals surface area contributed by atoms with Crippen LogP contribution in [-0.4, -0.2) is 17.1 Å². The van der Waals surface area contributed by atoms with E-state index in [0.717, 1.165) is 18.4 Å². The van der Waals surface area contributed by atoms with E-state index in [1.165, 1.54) is 0 Å². The van der Waals surface area contributed by atoms with Gasteiger partial charge in [0, 0.05) is 6.04 Å². The summed E-state index contributed by atoms with van der Waals surface area (Å²) in [4.78, 5) is 16.2. The van der Waals surface area contributed by atoms with Crippen LogP contribution in [0.2, 0.25) is 0 Å². The molecule has 0 spiro atoms. The fourth-order valence-corrected chi connectivity index (χ4v) is 1.74. The zero-order valence-electron chi connectivity index (χ0n) is 11.6. The maximum absolute atomic E-state index is 10.7. The molecule has 0 heterocycles. The standard InChI is InChI=1S/C15H23NO3/c1-3-14(10-9-12(2)15(17)18)16-19-11-13-7-5-4-6-8-13/h4-8,12,14,16H,3,9-11H2,1-2H3,(H,17,18)/t12-,14?/m1/s1. The monoisotopic (exact) mass is 265 g/mol. The molecule has 1 aromatic rings. The molecule has 1 rings (SSSR count). The highest BCUT2D eigenvalue weighted by molar-refractivity contribution is 5.69. The van der Waals surface area contributed by atoms with Gasteiger partial charge in [-0.1, -0.05) is 44.2 Å². The van der Waals surface area contributed by atoms with Crippen molar-refractivity contribution >= 4 is 5.97 Å². The van der Waals surface area contributed by atoms with Gasteiger partial charge in [0.15, 0.2) is 0 Å². The second kappa shape index (κ2) is 8.67. The van der Waals surface area contributed by atoms with Crippen molar-refractivity contribution in [3.8, 4) is 0 Å². The number of carbonyl (C=O) groups is 1. The summed E-state index contributed by atoms with van der Waals surface area (Å²) >= 11 is 0. The van der Waals surface area contributed by atoms with Gasteiger partial charge in [0.2, 0.25) is 0 Å². The Morgan fingerprint density at radius 3 is 2.58 bits per heavy atom. The van der Waals surface area contributed by atoms with E-state index in [9.17, 15) is 4.79 Å². The molecule has 19 heavy (non-hydrogen) atoms. The quantitative estimate of drug-likeness (QED) is 0.674. The molecule has 4 nitrogen and oxygen atoms in total. The molecule has 0 aliphatic carbocycles. The Balaban J connectivity index is 2.23. The molecule has 0 radical (unpaired) electrons. The van der Waals surface area contributed by atoms with E-state index in [1.54, 1.807) is 6.92 Å². The Bertz CT molecular complexity index is 367. The summed E-state index contributed by atoms with van der Waals surface area (Å²) in [5.41, 5.74) is 4.13. The van der Waals surface area contributed by atoms with Crippen LogP contribution in [0.4, 0.5) is 0 Å². The number of aliphatic carboxylic acids is 1. The molecule has 0 aromatic heterocycles. The van der Waals surface area contributed by atoms with Gasteiger partial charge in [0.1, 0.15) is 0 Å². The molecular weight excluding hydrogens is 242 g/mol. The number of carboxylic acids is 1. The lowest BCUT2D eigenvalue weighted by Gasteiger charge is -2.17. The minimum atomic E-state index is -0.736. The second-order valence-electron chi connectivity index (χ2n) is 4.81.